The Morgan fingerprint density at radius 3 is 3.10 bits per heavy atom. The second kappa shape index (κ2) is 7.60. The monoisotopic (exact) mass is 276 g/mol. The molecule has 1 aliphatic heterocycles. The van der Waals surface area contributed by atoms with Crippen LogP contribution in [0, 0.1) is 0 Å². The predicted octanol–water partition coefficient (Wildman–Crippen LogP) is 2.43. The molecular formula is C16H28N4. The van der Waals surface area contributed by atoms with E-state index in [0.717, 1.165) is 25.3 Å². The Hall–Kier alpha value is -1.13. The largest absolute Gasteiger partial charge is 0.370 e. The molecule has 0 aromatic carbocycles. The first kappa shape index (κ1) is 15.3. The maximum absolute atomic E-state index is 4.37. The third-order valence-corrected chi connectivity index (χ3v) is 4.04. The number of piperidine rings is 1. The van der Waals surface area contributed by atoms with Crippen molar-refractivity contribution in [2.24, 2.45) is 0 Å². The summed E-state index contributed by atoms with van der Waals surface area (Å²) >= 11 is 0. The topological polar surface area (TPSA) is 31.4 Å². The Morgan fingerprint density at radius 2 is 2.35 bits per heavy atom. The number of rotatable bonds is 6. The maximum atomic E-state index is 4.37. The van der Waals surface area contributed by atoms with Crippen molar-refractivity contribution in [1.29, 1.82) is 0 Å². The van der Waals surface area contributed by atoms with Crippen molar-refractivity contribution in [3.05, 3.63) is 23.9 Å². The molecule has 0 spiro atoms. The SMILES string of the molecule is CCCNc1cc(CN(C)C2CCCN(C)C2)ccn1. The van der Waals surface area contributed by atoms with Crippen molar-refractivity contribution in [3.63, 3.8) is 0 Å². The molecule has 0 radical (unpaired) electrons. The average molecular weight is 276 g/mol. The summed E-state index contributed by atoms with van der Waals surface area (Å²) in [6.07, 6.45) is 5.66. The van der Waals surface area contributed by atoms with Gasteiger partial charge in [0.1, 0.15) is 5.82 Å². The molecule has 1 N–H and O–H groups in total. The minimum Gasteiger partial charge on any atom is -0.370 e. The van der Waals surface area contributed by atoms with Gasteiger partial charge < -0.3 is 10.2 Å². The number of hydrogen-bond donors (Lipinski definition) is 1. The van der Waals surface area contributed by atoms with Gasteiger partial charge in [0.25, 0.3) is 0 Å². The fourth-order valence-corrected chi connectivity index (χ4v) is 2.84. The Balaban J connectivity index is 1.91. The molecule has 1 aliphatic rings. The highest BCUT2D eigenvalue weighted by Crippen LogP contribution is 2.16. The first-order chi connectivity index (χ1) is 9.69. The molecule has 0 bridgehead atoms. The molecule has 4 heteroatoms. The lowest BCUT2D eigenvalue weighted by atomic mass is 10.0. The number of anilines is 1. The highest BCUT2D eigenvalue weighted by molar-refractivity contribution is 5.37. The molecule has 4 nitrogen and oxygen atoms in total. The van der Waals surface area contributed by atoms with Crippen molar-refractivity contribution in [1.82, 2.24) is 14.8 Å². The van der Waals surface area contributed by atoms with E-state index in [-0.39, 0.29) is 0 Å². The van der Waals surface area contributed by atoms with Crippen molar-refractivity contribution in [3.8, 4) is 0 Å². The number of likely N-dealkylation sites (tertiary alicyclic amines) is 1. The summed E-state index contributed by atoms with van der Waals surface area (Å²) in [5, 5.41) is 3.36. The molecule has 1 atom stereocenters. The minimum atomic E-state index is 0.675. The van der Waals surface area contributed by atoms with Gasteiger partial charge in [-0.2, -0.15) is 0 Å². The fraction of sp³-hybridized carbons (Fsp3) is 0.688. The molecule has 1 fully saturated rings. The zero-order valence-electron chi connectivity index (χ0n) is 13.1. The van der Waals surface area contributed by atoms with Crippen LogP contribution in [-0.4, -0.2) is 54.6 Å². The van der Waals surface area contributed by atoms with Gasteiger partial charge >= 0.3 is 0 Å². The van der Waals surface area contributed by atoms with Crippen molar-refractivity contribution in [2.75, 3.05) is 39.0 Å². The molecule has 0 saturated carbocycles. The van der Waals surface area contributed by atoms with E-state index in [0.29, 0.717) is 6.04 Å². The van der Waals surface area contributed by atoms with Crippen molar-refractivity contribution in [2.45, 2.75) is 38.8 Å². The van der Waals surface area contributed by atoms with Gasteiger partial charge in [-0.15, -0.1) is 0 Å². The molecule has 1 unspecified atom stereocenters. The summed E-state index contributed by atoms with van der Waals surface area (Å²) < 4.78 is 0. The van der Waals surface area contributed by atoms with Crippen LogP contribution in [0.1, 0.15) is 31.7 Å². The van der Waals surface area contributed by atoms with Gasteiger partial charge in [-0.1, -0.05) is 6.92 Å². The van der Waals surface area contributed by atoms with Gasteiger partial charge in [0.2, 0.25) is 0 Å². The standard InChI is InChI=1S/C16H28N4/c1-4-8-17-16-11-14(7-9-18-16)12-20(3)15-6-5-10-19(2)13-15/h7,9,11,15H,4-6,8,10,12-13H2,1-3H3,(H,17,18). The molecule has 1 aromatic rings. The number of likely N-dealkylation sites (N-methyl/N-ethyl adjacent to an activating group) is 2. The summed E-state index contributed by atoms with van der Waals surface area (Å²) in [6, 6.07) is 4.98. The van der Waals surface area contributed by atoms with Gasteiger partial charge in [0.15, 0.2) is 0 Å². The summed E-state index contributed by atoms with van der Waals surface area (Å²) in [6.45, 7) is 6.58. The first-order valence-electron chi connectivity index (χ1n) is 7.76. The number of aromatic nitrogens is 1. The Labute approximate surface area is 123 Å². The summed E-state index contributed by atoms with van der Waals surface area (Å²) in [5.41, 5.74) is 1.34. The Morgan fingerprint density at radius 1 is 1.50 bits per heavy atom. The third kappa shape index (κ3) is 4.46. The summed E-state index contributed by atoms with van der Waals surface area (Å²) in [4.78, 5) is 9.29. The normalized spacial score (nSPS) is 20.3. The average Bonchev–Trinajstić information content (AvgIpc) is 2.45. The second-order valence-corrected chi connectivity index (χ2v) is 5.95. The summed E-state index contributed by atoms with van der Waals surface area (Å²) in [7, 11) is 4.46. The number of pyridine rings is 1. The Bertz CT molecular complexity index is 407. The van der Waals surface area contributed by atoms with Crippen LogP contribution >= 0.6 is 0 Å². The van der Waals surface area contributed by atoms with Gasteiger partial charge in [-0.3, -0.25) is 4.90 Å². The van der Waals surface area contributed by atoms with E-state index >= 15 is 0 Å². The van der Waals surface area contributed by atoms with Crippen LogP contribution in [0.2, 0.25) is 0 Å². The van der Waals surface area contributed by atoms with Crippen LogP contribution in [0.4, 0.5) is 5.82 Å². The van der Waals surface area contributed by atoms with Crippen LogP contribution < -0.4 is 5.32 Å². The zero-order valence-corrected chi connectivity index (χ0v) is 13.1. The van der Waals surface area contributed by atoms with E-state index < -0.39 is 0 Å². The van der Waals surface area contributed by atoms with E-state index in [1.807, 2.05) is 6.20 Å². The lowest BCUT2D eigenvalue weighted by molar-refractivity contribution is 0.129. The molecule has 0 aliphatic carbocycles. The van der Waals surface area contributed by atoms with Crippen LogP contribution in [0.3, 0.4) is 0 Å². The van der Waals surface area contributed by atoms with Crippen LogP contribution in [0.5, 0.6) is 0 Å². The molecule has 1 saturated heterocycles. The molecule has 20 heavy (non-hydrogen) atoms. The van der Waals surface area contributed by atoms with E-state index in [4.69, 9.17) is 0 Å². The van der Waals surface area contributed by atoms with E-state index in [2.05, 4.69) is 53.3 Å². The van der Waals surface area contributed by atoms with Gasteiger partial charge in [-0.05, 0) is 57.6 Å². The molecular weight excluding hydrogens is 248 g/mol. The fourth-order valence-electron chi connectivity index (χ4n) is 2.84. The van der Waals surface area contributed by atoms with Gasteiger partial charge in [0.05, 0.1) is 0 Å². The molecule has 2 heterocycles. The van der Waals surface area contributed by atoms with Gasteiger partial charge in [-0.25, -0.2) is 4.98 Å². The molecule has 1 aromatic heterocycles. The zero-order chi connectivity index (χ0) is 14.4. The minimum absolute atomic E-state index is 0.675. The maximum Gasteiger partial charge on any atom is 0.126 e. The number of nitrogens with zero attached hydrogens (tertiary/aromatic N) is 3. The van der Waals surface area contributed by atoms with Crippen molar-refractivity contribution >= 4 is 5.82 Å². The number of nitrogens with one attached hydrogen (secondary N) is 1. The van der Waals surface area contributed by atoms with Crippen molar-refractivity contribution < 1.29 is 0 Å². The smallest absolute Gasteiger partial charge is 0.126 e. The van der Waals surface area contributed by atoms with Crippen LogP contribution in [0.25, 0.3) is 0 Å². The molecule has 112 valence electrons. The lowest BCUT2D eigenvalue weighted by Gasteiger charge is -2.35. The second-order valence-electron chi connectivity index (χ2n) is 5.95. The molecule has 0 amide bonds. The van der Waals surface area contributed by atoms with E-state index in [1.54, 1.807) is 0 Å². The van der Waals surface area contributed by atoms with E-state index in [9.17, 15) is 0 Å². The quantitative estimate of drug-likeness (QED) is 0.864. The highest BCUT2D eigenvalue weighted by atomic mass is 15.2. The Kier molecular flexibility index (Phi) is 5.80. The van der Waals surface area contributed by atoms with Crippen LogP contribution in [0.15, 0.2) is 18.3 Å². The number of hydrogen-bond acceptors (Lipinski definition) is 4. The predicted molar refractivity (Wildman–Crippen MR) is 85.0 cm³/mol. The van der Waals surface area contributed by atoms with Crippen LogP contribution in [-0.2, 0) is 6.54 Å². The first-order valence-corrected chi connectivity index (χ1v) is 7.76. The lowest BCUT2D eigenvalue weighted by Crippen LogP contribution is -2.44. The molecule has 2 rings (SSSR count). The van der Waals surface area contributed by atoms with E-state index in [1.165, 1.54) is 31.5 Å². The highest BCUT2D eigenvalue weighted by Gasteiger charge is 2.20. The summed E-state index contributed by atoms with van der Waals surface area (Å²) in [5.74, 6) is 0.999. The third-order valence-electron chi connectivity index (χ3n) is 4.04. The van der Waals surface area contributed by atoms with Gasteiger partial charge in [0, 0.05) is 31.9 Å².